The summed E-state index contributed by atoms with van der Waals surface area (Å²) in [5.41, 5.74) is 4.73. The lowest BCUT2D eigenvalue weighted by Gasteiger charge is -2.18. The lowest BCUT2D eigenvalue weighted by atomic mass is 9.96. The largest absolute Gasteiger partial charge is 0.308 e. The van der Waals surface area contributed by atoms with Crippen LogP contribution in [0.2, 0.25) is 0 Å². The normalized spacial score (nSPS) is 17.8. The number of pyridine rings is 1. The molecule has 5 nitrogen and oxygen atoms in total. The Morgan fingerprint density at radius 1 is 1.32 bits per heavy atom. The zero-order valence-electron chi connectivity index (χ0n) is 10.9. The van der Waals surface area contributed by atoms with Gasteiger partial charge in [0.15, 0.2) is 0 Å². The first-order valence-electron chi connectivity index (χ1n) is 6.85. The fourth-order valence-corrected chi connectivity index (χ4v) is 2.69. The highest BCUT2D eigenvalue weighted by atomic mass is 15.3. The minimum Gasteiger partial charge on any atom is -0.308 e. The summed E-state index contributed by atoms with van der Waals surface area (Å²) < 4.78 is 1.84. The molecule has 1 aliphatic carbocycles. The third-order valence-corrected chi connectivity index (χ3v) is 3.70. The number of hydrogen-bond acceptors (Lipinski definition) is 3. The Labute approximate surface area is 112 Å². The van der Waals surface area contributed by atoms with Gasteiger partial charge in [-0.2, -0.15) is 5.10 Å². The van der Waals surface area contributed by atoms with E-state index >= 15 is 0 Å². The zero-order chi connectivity index (χ0) is 13.1. The van der Waals surface area contributed by atoms with Crippen molar-refractivity contribution in [3.63, 3.8) is 0 Å². The Hall–Kier alpha value is -1.88. The van der Waals surface area contributed by atoms with E-state index < -0.39 is 0 Å². The van der Waals surface area contributed by atoms with Gasteiger partial charge in [0.1, 0.15) is 5.84 Å². The van der Waals surface area contributed by atoms with Crippen molar-refractivity contribution in [3.05, 3.63) is 36.2 Å². The molecule has 19 heavy (non-hydrogen) atoms. The van der Waals surface area contributed by atoms with Gasteiger partial charge in [0, 0.05) is 6.20 Å². The number of rotatable bonds is 2. The Morgan fingerprint density at radius 2 is 2.16 bits per heavy atom. The maximum Gasteiger partial charge on any atom is 0.146 e. The van der Waals surface area contributed by atoms with Crippen LogP contribution < -0.4 is 11.3 Å². The van der Waals surface area contributed by atoms with Crippen molar-refractivity contribution in [2.75, 3.05) is 0 Å². The molecule has 0 aliphatic heterocycles. The molecule has 3 N–H and O–H groups in total. The van der Waals surface area contributed by atoms with Crippen molar-refractivity contribution in [1.82, 2.24) is 15.0 Å². The van der Waals surface area contributed by atoms with Gasteiger partial charge in [0.2, 0.25) is 0 Å². The average molecular weight is 257 g/mol. The van der Waals surface area contributed by atoms with Gasteiger partial charge in [-0.3, -0.25) is 4.99 Å². The molecule has 2 heterocycles. The number of amidine groups is 1. The van der Waals surface area contributed by atoms with Crippen LogP contribution in [0.1, 0.15) is 37.7 Å². The second-order valence-electron chi connectivity index (χ2n) is 5.00. The van der Waals surface area contributed by atoms with Crippen molar-refractivity contribution in [3.8, 4) is 0 Å². The number of hydrogen-bond donors (Lipinski definition) is 2. The Kier molecular flexibility index (Phi) is 3.46. The molecule has 1 saturated carbocycles. The summed E-state index contributed by atoms with van der Waals surface area (Å²) in [6, 6.07) is 6.36. The van der Waals surface area contributed by atoms with Crippen molar-refractivity contribution < 1.29 is 0 Å². The van der Waals surface area contributed by atoms with E-state index in [1.54, 1.807) is 0 Å². The van der Waals surface area contributed by atoms with E-state index in [-0.39, 0.29) is 0 Å². The van der Waals surface area contributed by atoms with Crippen molar-refractivity contribution in [2.45, 2.75) is 38.1 Å². The molecule has 2 aromatic rings. The summed E-state index contributed by atoms with van der Waals surface area (Å²) in [7, 11) is 0. The van der Waals surface area contributed by atoms with Gasteiger partial charge in [-0.15, -0.1) is 0 Å². The number of aliphatic imine (C=N–C) groups is 1. The van der Waals surface area contributed by atoms with Gasteiger partial charge in [-0.25, -0.2) is 10.4 Å². The van der Waals surface area contributed by atoms with Crippen molar-refractivity contribution in [1.29, 1.82) is 0 Å². The molecule has 0 aromatic carbocycles. The molecule has 1 aliphatic rings. The maximum atomic E-state index is 5.65. The van der Waals surface area contributed by atoms with Crippen LogP contribution in [0, 0.1) is 0 Å². The number of aromatic nitrogens is 2. The molecular weight excluding hydrogens is 238 g/mol. The SMILES string of the molecule is NNC(=NC1CCCCC1)c1cnn2ccccc12. The summed E-state index contributed by atoms with van der Waals surface area (Å²) in [5.74, 6) is 6.40. The van der Waals surface area contributed by atoms with E-state index in [9.17, 15) is 0 Å². The topological polar surface area (TPSA) is 67.7 Å². The Balaban J connectivity index is 1.95. The number of hydrazine groups is 1. The summed E-state index contributed by atoms with van der Waals surface area (Å²) in [6.45, 7) is 0. The highest BCUT2D eigenvalue weighted by molar-refractivity contribution is 6.04. The van der Waals surface area contributed by atoms with Gasteiger partial charge >= 0.3 is 0 Å². The zero-order valence-corrected chi connectivity index (χ0v) is 10.9. The van der Waals surface area contributed by atoms with Gasteiger partial charge in [-0.05, 0) is 25.0 Å². The molecule has 0 amide bonds. The van der Waals surface area contributed by atoms with Gasteiger partial charge in [0.05, 0.1) is 23.3 Å². The molecule has 0 bridgehead atoms. The molecular formula is C14H19N5. The lowest BCUT2D eigenvalue weighted by molar-refractivity contribution is 0.442. The summed E-state index contributed by atoms with van der Waals surface area (Å²) in [5, 5.41) is 4.32. The summed E-state index contributed by atoms with van der Waals surface area (Å²) >= 11 is 0. The maximum absolute atomic E-state index is 5.65. The quantitative estimate of drug-likeness (QED) is 0.373. The fraction of sp³-hybridized carbons (Fsp3) is 0.429. The van der Waals surface area contributed by atoms with Crippen LogP contribution >= 0.6 is 0 Å². The highest BCUT2D eigenvalue weighted by Crippen LogP contribution is 2.21. The number of nitrogens with zero attached hydrogens (tertiary/aromatic N) is 3. The monoisotopic (exact) mass is 257 g/mol. The van der Waals surface area contributed by atoms with Crippen molar-refractivity contribution in [2.24, 2.45) is 10.8 Å². The van der Waals surface area contributed by atoms with E-state index in [0.717, 1.165) is 29.8 Å². The molecule has 5 heteroatoms. The Bertz CT molecular complexity index is 580. The van der Waals surface area contributed by atoms with Crippen LogP contribution in [0.3, 0.4) is 0 Å². The van der Waals surface area contributed by atoms with Crippen LogP contribution in [-0.2, 0) is 0 Å². The number of nitrogens with two attached hydrogens (primary N) is 1. The molecule has 0 atom stereocenters. The van der Waals surface area contributed by atoms with Crippen molar-refractivity contribution >= 4 is 11.4 Å². The molecule has 0 saturated heterocycles. The fourth-order valence-electron chi connectivity index (χ4n) is 2.69. The molecule has 3 rings (SSSR count). The first-order valence-corrected chi connectivity index (χ1v) is 6.85. The minimum atomic E-state index is 0.387. The second kappa shape index (κ2) is 5.40. The minimum absolute atomic E-state index is 0.387. The van der Waals surface area contributed by atoms with Crippen LogP contribution in [0.15, 0.2) is 35.6 Å². The molecule has 0 radical (unpaired) electrons. The number of fused-ring (bicyclic) bond motifs is 1. The highest BCUT2D eigenvalue weighted by Gasteiger charge is 2.15. The van der Waals surface area contributed by atoms with E-state index in [0.29, 0.717) is 6.04 Å². The van der Waals surface area contributed by atoms with Gasteiger partial charge in [0.25, 0.3) is 0 Å². The smallest absolute Gasteiger partial charge is 0.146 e. The molecule has 0 unspecified atom stereocenters. The standard InChI is InChI=1S/C14H19N5/c15-18-14(17-11-6-2-1-3-7-11)12-10-16-19-9-5-4-8-13(12)19/h4-5,8-11H,1-3,6-7,15H2,(H,17,18). The predicted molar refractivity (Wildman–Crippen MR) is 75.9 cm³/mol. The Morgan fingerprint density at radius 3 is 2.95 bits per heavy atom. The van der Waals surface area contributed by atoms with Crippen LogP contribution in [0.4, 0.5) is 0 Å². The molecule has 2 aromatic heterocycles. The molecule has 0 spiro atoms. The predicted octanol–water partition coefficient (Wildman–Crippen LogP) is 1.88. The third kappa shape index (κ3) is 2.46. The van der Waals surface area contributed by atoms with Gasteiger partial charge < -0.3 is 5.43 Å². The van der Waals surface area contributed by atoms with E-state index in [4.69, 9.17) is 10.8 Å². The summed E-state index contributed by atoms with van der Waals surface area (Å²) in [6.07, 6.45) is 9.91. The first-order chi connectivity index (χ1) is 9.38. The molecule has 100 valence electrons. The molecule has 1 fully saturated rings. The van der Waals surface area contributed by atoms with E-state index in [2.05, 4.69) is 10.5 Å². The third-order valence-electron chi connectivity index (χ3n) is 3.70. The van der Waals surface area contributed by atoms with E-state index in [1.165, 1.54) is 19.3 Å². The average Bonchev–Trinajstić information content (AvgIpc) is 2.90. The lowest BCUT2D eigenvalue weighted by Crippen LogP contribution is -2.32. The van der Waals surface area contributed by atoms with Crippen LogP contribution in [0.5, 0.6) is 0 Å². The van der Waals surface area contributed by atoms with Gasteiger partial charge in [-0.1, -0.05) is 25.3 Å². The first kappa shape index (κ1) is 12.2. The number of nitrogens with one attached hydrogen (secondary N) is 1. The summed E-state index contributed by atoms with van der Waals surface area (Å²) in [4.78, 5) is 4.77. The van der Waals surface area contributed by atoms with Crippen LogP contribution in [-0.4, -0.2) is 21.5 Å². The van der Waals surface area contributed by atoms with E-state index in [1.807, 2.05) is 35.1 Å². The second-order valence-corrected chi connectivity index (χ2v) is 5.00. The van der Waals surface area contributed by atoms with Crippen LogP contribution in [0.25, 0.3) is 5.52 Å².